The van der Waals surface area contributed by atoms with Crippen molar-refractivity contribution in [3.63, 3.8) is 0 Å². The minimum Gasteiger partial charge on any atom is -0.349 e. The summed E-state index contributed by atoms with van der Waals surface area (Å²) in [7, 11) is 0. The van der Waals surface area contributed by atoms with E-state index in [2.05, 4.69) is 15.3 Å². The zero-order valence-corrected chi connectivity index (χ0v) is 17.7. The lowest BCUT2D eigenvalue weighted by atomic mass is 10.1. The summed E-state index contributed by atoms with van der Waals surface area (Å²) in [6, 6.07) is 8.61. The number of hydrogen-bond acceptors (Lipinski definition) is 4. The molecule has 2 heterocycles. The van der Waals surface area contributed by atoms with Gasteiger partial charge in [-0.3, -0.25) is 4.79 Å². The normalized spacial score (nSPS) is 14.2. The second kappa shape index (κ2) is 9.34. The van der Waals surface area contributed by atoms with E-state index in [1.54, 1.807) is 37.5 Å². The molecule has 0 amide bonds. The van der Waals surface area contributed by atoms with Gasteiger partial charge in [-0.2, -0.15) is 0 Å². The van der Waals surface area contributed by atoms with Gasteiger partial charge in [-0.15, -0.1) is 0 Å². The van der Waals surface area contributed by atoms with E-state index in [9.17, 15) is 13.6 Å². The molecule has 5 nitrogen and oxygen atoms in total. The molecule has 1 N–H and O–H groups in total. The number of nitrogens with zero attached hydrogens (tertiary/aromatic N) is 3. The number of rotatable bonds is 7. The summed E-state index contributed by atoms with van der Waals surface area (Å²) in [4.78, 5) is 21.3. The van der Waals surface area contributed by atoms with E-state index in [4.69, 9.17) is 11.6 Å². The fourth-order valence-electron chi connectivity index (χ4n) is 3.20. The van der Waals surface area contributed by atoms with Crippen molar-refractivity contribution in [3.8, 4) is 11.3 Å². The van der Waals surface area contributed by atoms with E-state index in [1.807, 2.05) is 6.92 Å². The van der Waals surface area contributed by atoms with Crippen LogP contribution in [-0.2, 0) is 0 Å². The Labute approximate surface area is 178 Å². The van der Waals surface area contributed by atoms with E-state index in [-0.39, 0.29) is 16.6 Å². The van der Waals surface area contributed by atoms with Crippen LogP contribution in [0.5, 0.6) is 0 Å². The average Bonchev–Trinajstić information content (AvgIpc) is 2.73. The largest absolute Gasteiger partial charge is 0.349 e. The van der Waals surface area contributed by atoms with Crippen molar-refractivity contribution < 1.29 is 8.78 Å². The van der Waals surface area contributed by atoms with E-state index in [1.165, 1.54) is 29.7 Å². The predicted molar refractivity (Wildman–Crippen MR) is 115 cm³/mol. The van der Waals surface area contributed by atoms with Crippen LogP contribution in [0.4, 0.5) is 14.7 Å². The molecule has 0 saturated heterocycles. The lowest BCUT2D eigenvalue weighted by molar-refractivity contribution is 0.313. The third-order valence-corrected chi connectivity index (χ3v) is 5.36. The maximum absolute atomic E-state index is 13.8. The second-order valence-electron chi connectivity index (χ2n) is 7.11. The number of anilines is 1. The Hall–Kier alpha value is -2.80. The number of alkyl halides is 1. The van der Waals surface area contributed by atoms with Gasteiger partial charge in [-0.05, 0) is 50.1 Å². The molecule has 1 aromatic carbocycles. The van der Waals surface area contributed by atoms with Gasteiger partial charge in [0.05, 0.1) is 22.8 Å². The first-order valence-corrected chi connectivity index (χ1v) is 10.1. The molecule has 0 aliphatic carbocycles. The van der Waals surface area contributed by atoms with Crippen molar-refractivity contribution >= 4 is 17.5 Å². The summed E-state index contributed by atoms with van der Waals surface area (Å²) in [5, 5.41) is 3.02. The first-order valence-electron chi connectivity index (χ1n) is 9.71. The van der Waals surface area contributed by atoms with Crippen LogP contribution in [0.2, 0.25) is 5.02 Å². The lowest BCUT2D eigenvalue weighted by Crippen LogP contribution is -2.28. The molecule has 0 radical (unpaired) electrons. The number of pyridine rings is 1. The van der Waals surface area contributed by atoms with Gasteiger partial charge in [0, 0.05) is 24.0 Å². The molecular formula is C22H23ClF2N4O. The van der Waals surface area contributed by atoms with Crippen LogP contribution in [0.3, 0.4) is 0 Å². The number of halogens is 3. The summed E-state index contributed by atoms with van der Waals surface area (Å²) >= 11 is 5.74. The number of nitrogens with one attached hydrogen (secondary N) is 1. The maximum atomic E-state index is 13.8. The van der Waals surface area contributed by atoms with Gasteiger partial charge in [0.25, 0.3) is 5.56 Å². The van der Waals surface area contributed by atoms with Gasteiger partial charge in [-0.1, -0.05) is 24.6 Å². The van der Waals surface area contributed by atoms with Crippen LogP contribution in [0.1, 0.15) is 38.8 Å². The standard InChI is InChI=1S/C22H23ClF2N4O/c1-4-19(13(2)24)27-22-26-9-7-20(28-22)16-8-10-29(21(30)12-16)14(3)15-5-6-17(23)18(25)11-15/h5-14,19H,4H2,1-3H3,(H,26,27,28). The van der Waals surface area contributed by atoms with Crippen LogP contribution in [0.25, 0.3) is 11.3 Å². The molecule has 0 saturated carbocycles. The highest BCUT2D eigenvalue weighted by Gasteiger charge is 2.16. The van der Waals surface area contributed by atoms with Crippen LogP contribution in [0, 0.1) is 5.82 Å². The minimum absolute atomic E-state index is 0.0364. The van der Waals surface area contributed by atoms with Gasteiger partial charge in [0.15, 0.2) is 0 Å². The van der Waals surface area contributed by atoms with Crippen LogP contribution >= 0.6 is 11.6 Å². The highest BCUT2D eigenvalue weighted by molar-refractivity contribution is 6.30. The molecule has 3 aromatic rings. The van der Waals surface area contributed by atoms with Crippen molar-refractivity contribution in [1.29, 1.82) is 0 Å². The van der Waals surface area contributed by atoms with Gasteiger partial charge in [0.1, 0.15) is 12.0 Å². The van der Waals surface area contributed by atoms with E-state index < -0.39 is 18.0 Å². The highest BCUT2D eigenvalue weighted by Crippen LogP contribution is 2.23. The van der Waals surface area contributed by atoms with Crippen molar-refractivity contribution in [3.05, 3.63) is 75.5 Å². The monoisotopic (exact) mass is 432 g/mol. The zero-order valence-electron chi connectivity index (χ0n) is 16.9. The number of hydrogen-bond donors (Lipinski definition) is 1. The minimum atomic E-state index is -1.05. The van der Waals surface area contributed by atoms with Gasteiger partial charge >= 0.3 is 0 Å². The molecule has 0 aliphatic heterocycles. The Balaban J connectivity index is 1.87. The topological polar surface area (TPSA) is 59.8 Å². The van der Waals surface area contributed by atoms with Crippen LogP contribution in [-0.4, -0.2) is 26.7 Å². The molecule has 8 heteroatoms. The molecular weight excluding hydrogens is 410 g/mol. The predicted octanol–water partition coefficient (Wildman–Crippen LogP) is 5.26. The molecule has 0 bridgehead atoms. The molecule has 0 fully saturated rings. The third-order valence-electron chi connectivity index (χ3n) is 5.05. The quantitative estimate of drug-likeness (QED) is 0.553. The van der Waals surface area contributed by atoms with Crippen molar-refractivity contribution in [2.45, 2.75) is 45.4 Å². The first kappa shape index (κ1) is 21.9. The smallest absolute Gasteiger partial charge is 0.251 e. The Morgan fingerprint density at radius 1 is 1.20 bits per heavy atom. The van der Waals surface area contributed by atoms with Crippen molar-refractivity contribution in [2.75, 3.05) is 5.32 Å². The fourth-order valence-corrected chi connectivity index (χ4v) is 3.32. The Kier molecular flexibility index (Phi) is 6.82. The van der Waals surface area contributed by atoms with Gasteiger partial charge < -0.3 is 9.88 Å². The van der Waals surface area contributed by atoms with Crippen LogP contribution in [0.15, 0.2) is 53.6 Å². The van der Waals surface area contributed by atoms with Gasteiger partial charge in [0.2, 0.25) is 5.95 Å². The molecule has 0 spiro atoms. The summed E-state index contributed by atoms with van der Waals surface area (Å²) in [5.41, 5.74) is 1.53. The average molecular weight is 433 g/mol. The van der Waals surface area contributed by atoms with E-state index >= 15 is 0 Å². The summed E-state index contributed by atoms with van der Waals surface area (Å²) in [6.07, 6.45) is 2.74. The van der Waals surface area contributed by atoms with Gasteiger partial charge in [-0.25, -0.2) is 18.7 Å². The highest BCUT2D eigenvalue weighted by atomic mass is 35.5. The molecule has 3 atom stereocenters. The fraction of sp³-hybridized carbons (Fsp3) is 0.318. The van der Waals surface area contributed by atoms with Crippen LogP contribution < -0.4 is 10.9 Å². The lowest BCUT2D eigenvalue weighted by Gasteiger charge is -2.18. The van der Waals surface area contributed by atoms with E-state index in [0.29, 0.717) is 29.2 Å². The molecule has 3 unspecified atom stereocenters. The Morgan fingerprint density at radius 3 is 2.60 bits per heavy atom. The third kappa shape index (κ3) is 4.84. The van der Waals surface area contributed by atoms with E-state index in [0.717, 1.165) is 0 Å². The SMILES string of the molecule is CCC(Nc1nccc(-c2ccn(C(C)c3ccc(Cl)c(F)c3)c(=O)c2)n1)C(C)F. The molecule has 158 valence electrons. The molecule has 0 aliphatic rings. The molecule has 3 rings (SSSR count). The molecule has 2 aromatic heterocycles. The second-order valence-corrected chi connectivity index (χ2v) is 7.52. The first-order chi connectivity index (χ1) is 14.3. The summed E-state index contributed by atoms with van der Waals surface area (Å²) < 4.78 is 28.9. The Morgan fingerprint density at radius 2 is 1.97 bits per heavy atom. The number of aromatic nitrogens is 3. The maximum Gasteiger partial charge on any atom is 0.251 e. The zero-order chi connectivity index (χ0) is 21.8. The Bertz CT molecular complexity index is 1090. The summed E-state index contributed by atoms with van der Waals surface area (Å²) in [6.45, 7) is 5.17. The number of benzene rings is 1. The van der Waals surface area contributed by atoms with Crippen molar-refractivity contribution in [1.82, 2.24) is 14.5 Å². The summed E-state index contributed by atoms with van der Waals surface area (Å²) in [5.74, 6) is -0.224. The molecule has 30 heavy (non-hydrogen) atoms. The van der Waals surface area contributed by atoms with Crippen molar-refractivity contribution in [2.24, 2.45) is 0 Å².